The van der Waals surface area contributed by atoms with E-state index in [1.54, 1.807) is 24.3 Å². The largest absolute Gasteiger partial charge is 0.514 e. The number of azide groups is 1. The summed E-state index contributed by atoms with van der Waals surface area (Å²) >= 11 is 0. The van der Waals surface area contributed by atoms with Gasteiger partial charge in [-0.3, -0.25) is 14.9 Å². The Labute approximate surface area is 158 Å². The van der Waals surface area contributed by atoms with E-state index >= 15 is 0 Å². The van der Waals surface area contributed by atoms with Gasteiger partial charge in [0.05, 0.1) is 4.92 Å². The van der Waals surface area contributed by atoms with Crippen molar-refractivity contribution in [3.63, 3.8) is 0 Å². The van der Waals surface area contributed by atoms with Gasteiger partial charge in [0.15, 0.2) is 0 Å². The molecule has 0 saturated heterocycles. The van der Waals surface area contributed by atoms with Crippen LogP contribution < -0.4 is 10.1 Å². The Balaban J connectivity index is 1.83. The number of hydrogen-bond donors (Lipinski definition) is 1. The fraction of sp³-hybridized carbons (Fsp3) is 0.176. The summed E-state index contributed by atoms with van der Waals surface area (Å²) in [7, 11) is 0. The third-order valence-electron chi connectivity index (χ3n) is 3.43. The van der Waals surface area contributed by atoms with Crippen molar-refractivity contribution in [3.8, 4) is 5.75 Å². The Morgan fingerprint density at radius 1 is 1.21 bits per heavy atom. The lowest BCUT2D eigenvalue weighted by atomic mass is 10.2. The standard InChI is InChI=1S/C17H15N5O6/c1-11(20-21-18)16(23)19-13-4-2-12(3-5-13)10-27-17(24)28-15-8-6-14(7-9-15)22(25)26/h2-9,11H,10H2,1H3,(H,19,23)/t11-/m0/s1. The smallest absolute Gasteiger partial charge is 0.429 e. The number of nitro benzene ring substituents is 1. The van der Waals surface area contributed by atoms with Gasteiger partial charge in [0.25, 0.3) is 5.69 Å². The van der Waals surface area contributed by atoms with Gasteiger partial charge < -0.3 is 14.8 Å². The molecule has 0 aliphatic heterocycles. The van der Waals surface area contributed by atoms with E-state index in [-0.39, 0.29) is 18.0 Å². The van der Waals surface area contributed by atoms with Gasteiger partial charge in [-0.05, 0) is 42.3 Å². The van der Waals surface area contributed by atoms with Gasteiger partial charge in [-0.2, -0.15) is 0 Å². The predicted octanol–water partition coefficient (Wildman–Crippen LogP) is 3.95. The highest BCUT2D eigenvalue weighted by Gasteiger charge is 2.11. The lowest BCUT2D eigenvalue weighted by Crippen LogP contribution is -2.22. The molecule has 0 saturated carbocycles. The molecular formula is C17H15N5O6. The molecule has 1 amide bonds. The van der Waals surface area contributed by atoms with E-state index in [0.717, 1.165) is 0 Å². The molecule has 0 aliphatic carbocycles. The Morgan fingerprint density at radius 3 is 2.43 bits per heavy atom. The molecule has 0 fully saturated rings. The van der Waals surface area contributed by atoms with Crippen LogP contribution in [0.2, 0.25) is 0 Å². The quantitative estimate of drug-likeness (QED) is 0.145. The van der Waals surface area contributed by atoms with Crippen molar-refractivity contribution < 1.29 is 24.0 Å². The molecule has 28 heavy (non-hydrogen) atoms. The Bertz CT molecular complexity index is 907. The number of non-ortho nitro benzene ring substituents is 1. The number of benzene rings is 2. The monoisotopic (exact) mass is 385 g/mol. The van der Waals surface area contributed by atoms with Crippen molar-refractivity contribution in [2.45, 2.75) is 19.6 Å². The lowest BCUT2D eigenvalue weighted by Gasteiger charge is -2.09. The van der Waals surface area contributed by atoms with Crippen LogP contribution in [0.5, 0.6) is 5.75 Å². The summed E-state index contributed by atoms with van der Waals surface area (Å²) < 4.78 is 9.88. The van der Waals surface area contributed by atoms with Gasteiger partial charge in [-0.25, -0.2) is 4.79 Å². The normalized spacial score (nSPS) is 10.9. The zero-order chi connectivity index (χ0) is 20.5. The van der Waals surface area contributed by atoms with E-state index in [2.05, 4.69) is 15.3 Å². The first-order valence-corrected chi connectivity index (χ1v) is 7.92. The first-order chi connectivity index (χ1) is 13.4. The number of nitrogens with one attached hydrogen (secondary N) is 1. The number of ether oxygens (including phenoxy) is 2. The van der Waals surface area contributed by atoms with Crippen molar-refractivity contribution in [2.24, 2.45) is 5.11 Å². The molecule has 1 N–H and O–H groups in total. The van der Waals surface area contributed by atoms with Crippen LogP contribution in [0.3, 0.4) is 0 Å². The second-order valence-electron chi connectivity index (χ2n) is 5.46. The lowest BCUT2D eigenvalue weighted by molar-refractivity contribution is -0.384. The summed E-state index contributed by atoms with van der Waals surface area (Å²) in [5.41, 5.74) is 9.32. The van der Waals surface area contributed by atoms with Gasteiger partial charge in [0.1, 0.15) is 18.4 Å². The van der Waals surface area contributed by atoms with Crippen LogP contribution in [-0.4, -0.2) is 23.0 Å². The number of amides is 1. The molecule has 2 aromatic rings. The summed E-state index contributed by atoms with van der Waals surface area (Å²) in [5.74, 6) is -0.337. The van der Waals surface area contributed by atoms with Gasteiger partial charge in [0, 0.05) is 22.7 Å². The first kappa shape index (κ1) is 20.2. The molecule has 0 aromatic heterocycles. The molecular weight excluding hydrogens is 370 g/mol. The third-order valence-corrected chi connectivity index (χ3v) is 3.43. The van der Waals surface area contributed by atoms with E-state index in [0.29, 0.717) is 11.3 Å². The van der Waals surface area contributed by atoms with E-state index in [4.69, 9.17) is 15.0 Å². The van der Waals surface area contributed by atoms with Crippen LogP contribution in [0, 0.1) is 10.1 Å². The van der Waals surface area contributed by atoms with Crippen LogP contribution in [0.25, 0.3) is 10.4 Å². The topological polar surface area (TPSA) is 157 Å². The molecule has 0 spiro atoms. The number of hydrogen-bond acceptors (Lipinski definition) is 7. The zero-order valence-corrected chi connectivity index (χ0v) is 14.6. The van der Waals surface area contributed by atoms with Crippen LogP contribution in [0.1, 0.15) is 12.5 Å². The highest BCUT2D eigenvalue weighted by atomic mass is 16.7. The maximum absolute atomic E-state index is 11.7. The summed E-state index contributed by atoms with van der Waals surface area (Å²) in [6.07, 6.45) is -0.963. The molecule has 0 bridgehead atoms. The molecule has 11 heteroatoms. The predicted molar refractivity (Wildman–Crippen MR) is 97.6 cm³/mol. The number of rotatable bonds is 7. The average molecular weight is 385 g/mol. The van der Waals surface area contributed by atoms with E-state index < -0.39 is 23.0 Å². The average Bonchev–Trinajstić information content (AvgIpc) is 2.68. The minimum absolute atomic E-state index is 0.0742. The fourth-order valence-electron chi connectivity index (χ4n) is 1.96. The Morgan fingerprint density at radius 2 is 1.86 bits per heavy atom. The first-order valence-electron chi connectivity index (χ1n) is 7.92. The van der Waals surface area contributed by atoms with Crippen LogP contribution in [0.4, 0.5) is 16.2 Å². The molecule has 0 unspecified atom stereocenters. The summed E-state index contributed by atoms with van der Waals surface area (Å²) in [4.78, 5) is 36.0. The Hall–Kier alpha value is -4.11. The summed E-state index contributed by atoms with van der Waals surface area (Å²) in [5, 5.41) is 16.4. The zero-order valence-electron chi connectivity index (χ0n) is 14.6. The molecule has 144 valence electrons. The number of nitrogens with zero attached hydrogens (tertiary/aromatic N) is 4. The van der Waals surface area contributed by atoms with Gasteiger partial charge in [-0.1, -0.05) is 17.2 Å². The van der Waals surface area contributed by atoms with Crippen molar-refractivity contribution in [3.05, 3.63) is 74.7 Å². The van der Waals surface area contributed by atoms with Crippen LogP contribution in [-0.2, 0) is 16.1 Å². The molecule has 2 aromatic carbocycles. The summed E-state index contributed by atoms with van der Waals surface area (Å²) in [6.45, 7) is 1.39. The second-order valence-corrected chi connectivity index (χ2v) is 5.46. The minimum atomic E-state index is -0.963. The van der Waals surface area contributed by atoms with Crippen LogP contribution >= 0.6 is 0 Å². The fourth-order valence-corrected chi connectivity index (χ4v) is 1.96. The molecule has 2 rings (SSSR count). The number of carbonyl (C=O) groups is 2. The van der Waals surface area contributed by atoms with Crippen molar-refractivity contribution in [1.29, 1.82) is 0 Å². The molecule has 0 aliphatic rings. The highest BCUT2D eigenvalue weighted by molar-refractivity contribution is 5.94. The third kappa shape index (κ3) is 6.00. The molecule has 0 radical (unpaired) electrons. The van der Waals surface area contributed by atoms with Crippen molar-refractivity contribution in [1.82, 2.24) is 0 Å². The Kier molecular flexibility index (Phi) is 6.89. The van der Waals surface area contributed by atoms with Crippen molar-refractivity contribution >= 4 is 23.4 Å². The number of anilines is 1. The van der Waals surface area contributed by atoms with Crippen LogP contribution in [0.15, 0.2) is 53.6 Å². The summed E-state index contributed by atoms with van der Waals surface area (Å²) in [6, 6.07) is 10.6. The number of carbonyl (C=O) groups excluding carboxylic acids is 2. The van der Waals surface area contributed by atoms with E-state index in [1.807, 2.05) is 0 Å². The highest BCUT2D eigenvalue weighted by Crippen LogP contribution is 2.18. The maximum atomic E-state index is 11.7. The van der Waals surface area contributed by atoms with Crippen molar-refractivity contribution in [2.75, 3.05) is 5.32 Å². The van der Waals surface area contributed by atoms with Gasteiger partial charge in [0.2, 0.25) is 5.91 Å². The van der Waals surface area contributed by atoms with E-state index in [1.165, 1.54) is 31.2 Å². The number of nitro groups is 1. The maximum Gasteiger partial charge on any atom is 0.514 e. The molecule has 0 heterocycles. The van der Waals surface area contributed by atoms with Gasteiger partial charge >= 0.3 is 6.16 Å². The van der Waals surface area contributed by atoms with E-state index in [9.17, 15) is 19.7 Å². The second kappa shape index (κ2) is 9.55. The molecule has 1 atom stereocenters. The minimum Gasteiger partial charge on any atom is -0.429 e. The van der Waals surface area contributed by atoms with Gasteiger partial charge in [-0.15, -0.1) is 0 Å². The molecule has 11 nitrogen and oxygen atoms in total. The SMILES string of the molecule is C[C@H](N=[N+]=[N-])C(=O)Nc1ccc(COC(=O)Oc2ccc([N+](=O)[O-])cc2)cc1.